The smallest absolute Gasteiger partial charge is 0.293 e. The Kier molecular flexibility index (Phi) is 7.59. The van der Waals surface area contributed by atoms with Crippen molar-refractivity contribution >= 4 is 23.1 Å². The van der Waals surface area contributed by atoms with E-state index in [4.69, 9.17) is 4.98 Å². The summed E-state index contributed by atoms with van der Waals surface area (Å²) in [5.74, 6) is 0.0765. The van der Waals surface area contributed by atoms with Crippen LogP contribution in [0.1, 0.15) is 60.7 Å². The average Bonchev–Trinajstić information content (AvgIpc) is 3.76. The molecule has 4 aromatic rings. The third-order valence-electron chi connectivity index (χ3n) is 7.30. The molecule has 0 spiro atoms. The van der Waals surface area contributed by atoms with Gasteiger partial charge in [-0.05, 0) is 72.2 Å². The van der Waals surface area contributed by atoms with Gasteiger partial charge in [0.15, 0.2) is 5.82 Å². The van der Waals surface area contributed by atoms with Crippen LogP contribution in [0.5, 0.6) is 0 Å². The second-order valence-electron chi connectivity index (χ2n) is 11.6. The average molecular weight is 536 g/mol. The zero-order valence-electron chi connectivity index (χ0n) is 23.8. The SMILES string of the molecule is Cc1c(NC(=O)c2ccc(C(C)(C)C)cc2)cccc1-c1cn(C)c(=O)c(Nc2cccc(CNC3CC3)c2)n1. The van der Waals surface area contributed by atoms with Crippen molar-refractivity contribution in [2.24, 2.45) is 7.05 Å². The maximum atomic E-state index is 13.1. The molecule has 1 fully saturated rings. The summed E-state index contributed by atoms with van der Waals surface area (Å²) in [4.78, 5) is 30.7. The number of carbonyl (C=O) groups is 1. The van der Waals surface area contributed by atoms with E-state index in [0.717, 1.165) is 28.9 Å². The Morgan fingerprint density at radius 3 is 2.45 bits per heavy atom. The molecule has 206 valence electrons. The summed E-state index contributed by atoms with van der Waals surface area (Å²) in [6.07, 6.45) is 4.20. The van der Waals surface area contributed by atoms with E-state index < -0.39 is 0 Å². The quantitative estimate of drug-likeness (QED) is 0.246. The van der Waals surface area contributed by atoms with Crippen molar-refractivity contribution in [3.63, 3.8) is 0 Å². The molecule has 5 rings (SSSR count). The lowest BCUT2D eigenvalue weighted by Crippen LogP contribution is -2.22. The molecule has 3 N–H and O–H groups in total. The van der Waals surface area contributed by atoms with Gasteiger partial charge in [0.2, 0.25) is 0 Å². The second kappa shape index (κ2) is 11.1. The van der Waals surface area contributed by atoms with Crippen molar-refractivity contribution in [1.29, 1.82) is 0 Å². The maximum absolute atomic E-state index is 13.1. The van der Waals surface area contributed by atoms with Gasteiger partial charge in [-0.2, -0.15) is 0 Å². The molecule has 0 atom stereocenters. The summed E-state index contributed by atoms with van der Waals surface area (Å²) in [6.45, 7) is 9.19. The number of aromatic nitrogens is 2. The summed E-state index contributed by atoms with van der Waals surface area (Å²) < 4.78 is 1.53. The van der Waals surface area contributed by atoms with E-state index in [0.29, 0.717) is 23.0 Å². The van der Waals surface area contributed by atoms with E-state index in [1.165, 1.54) is 23.0 Å². The highest BCUT2D eigenvalue weighted by atomic mass is 16.1. The van der Waals surface area contributed by atoms with Crippen LogP contribution in [0, 0.1) is 6.92 Å². The molecule has 0 saturated heterocycles. The zero-order valence-corrected chi connectivity index (χ0v) is 23.8. The molecular weight excluding hydrogens is 498 g/mol. The Bertz CT molecular complexity index is 1590. The Morgan fingerprint density at radius 1 is 1.02 bits per heavy atom. The van der Waals surface area contributed by atoms with Crippen LogP contribution in [0.25, 0.3) is 11.3 Å². The molecule has 1 saturated carbocycles. The number of nitrogens with one attached hydrogen (secondary N) is 3. The first-order valence-electron chi connectivity index (χ1n) is 13.8. The van der Waals surface area contributed by atoms with Crippen LogP contribution in [0.3, 0.4) is 0 Å². The van der Waals surface area contributed by atoms with Gasteiger partial charge in [0.25, 0.3) is 11.5 Å². The molecule has 1 aliphatic rings. The van der Waals surface area contributed by atoms with Crippen LogP contribution >= 0.6 is 0 Å². The number of anilines is 3. The molecule has 7 nitrogen and oxygen atoms in total. The Morgan fingerprint density at radius 2 is 1.75 bits per heavy atom. The van der Waals surface area contributed by atoms with Gasteiger partial charge in [0, 0.05) is 48.3 Å². The second-order valence-corrected chi connectivity index (χ2v) is 11.6. The van der Waals surface area contributed by atoms with Crippen LogP contribution < -0.4 is 21.5 Å². The molecule has 0 radical (unpaired) electrons. The van der Waals surface area contributed by atoms with Gasteiger partial charge < -0.3 is 20.5 Å². The Hall–Kier alpha value is -4.23. The predicted molar refractivity (Wildman–Crippen MR) is 162 cm³/mol. The highest BCUT2D eigenvalue weighted by Crippen LogP contribution is 2.29. The van der Waals surface area contributed by atoms with Crippen molar-refractivity contribution in [1.82, 2.24) is 14.9 Å². The van der Waals surface area contributed by atoms with E-state index in [9.17, 15) is 9.59 Å². The van der Waals surface area contributed by atoms with E-state index in [1.54, 1.807) is 13.2 Å². The Labute approximate surface area is 235 Å². The summed E-state index contributed by atoms with van der Waals surface area (Å²) in [5.41, 5.74) is 6.58. The van der Waals surface area contributed by atoms with E-state index in [1.807, 2.05) is 67.6 Å². The number of rotatable bonds is 8. The lowest BCUT2D eigenvalue weighted by molar-refractivity contribution is 0.102. The molecule has 7 heteroatoms. The first-order chi connectivity index (χ1) is 19.1. The van der Waals surface area contributed by atoms with Gasteiger partial charge >= 0.3 is 0 Å². The fourth-order valence-corrected chi connectivity index (χ4v) is 4.63. The minimum Gasteiger partial charge on any atom is -0.336 e. The lowest BCUT2D eigenvalue weighted by atomic mass is 9.86. The number of aryl methyl sites for hydroxylation is 1. The molecule has 40 heavy (non-hydrogen) atoms. The largest absolute Gasteiger partial charge is 0.336 e. The van der Waals surface area contributed by atoms with Crippen LogP contribution in [0.2, 0.25) is 0 Å². The lowest BCUT2D eigenvalue weighted by Gasteiger charge is -2.19. The third-order valence-corrected chi connectivity index (χ3v) is 7.30. The van der Waals surface area contributed by atoms with E-state index >= 15 is 0 Å². The fraction of sp³-hybridized carbons (Fsp3) is 0.303. The van der Waals surface area contributed by atoms with Crippen LogP contribution in [-0.4, -0.2) is 21.5 Å². The van der Waals surface area contributed by atoms with E-state index in [-0.39, 0.29) is 22.7 Å². The van der Waals surface area contributed by atoms with Crippen molar-refractivity contribution in [3.05, 3.63) is 106 Å². The molecule has 0 bridgehead atoms. The number of nitrogens with zero attached hydrogens (tertiary/aromatic N) is 2. The molecule has 3 aromatic carbocycles. The van der Waals surface area contributed by atoms with Gasteiger partial charge in [-0.1, -0.05) is 57.2 Å². The molecule has 1 heterocycles. The first-order valence-corrected chi connectivity index (χ1v) is 13.8. The van der Waals surface area contributed by atoms with Gasteiger partial charge in [-0.15, -0.1) is 0 Å². The number of hydrogen-bond donors (Lipinski definition) is 3. The van der Waals surface area contributed by atoms with Gasteiger partial charge in [-0.3, -0.25) is 9.59 Å². The molecule has 0 aliphatic heterocycles. The van der Waals surface area contributed by atoms with Gasteiger partial charge in [0.05, 0.1) is 5.69 Å². The third kappa shape index (κ3) is 6.32. The van der Waals surface area contributed by atoms with Crippen molar-refractivity contribution < 1.29 is 4.79 Å². The first kappa shape index (κ1) is 27.3. The van der Waals surface area contributed by atoms with E-state index in [2.05, 4.69) is 42.8 Å². The topological polar surface area (TPSA) is 88.0 Å². The minimum atomic E-state index is -0.217. The number of hydrogen-bond acceptors (Lipinski definition) is 5. The summed E-state index contributed by atoms with van der Waals surface area (Å²) in [5, 5.41) is 9.80. The van der Waals surface area contributed by atoms with Crippen molar-refractivity contribution in [2.45, 2.75) is 58.5 Å². The zero-order chi connectivity index (χ0) is 28.4. The van der Waals surface area contributed by atoms with Crippen LogP contribution in [0.15, 0.2) is 77.7 Å². The molecule has 0 unspecified atom stereocenters. The molecule has 1 aromatic heterocycles. The highest BCUT2D eigenvalue weighted by molar-refractivity contribution is 6.05. The molecule has 1 aliphatic carbocycles. The fourth-order valence-electron chi connectivity index (χ4n) is 4.63. The Balaban J connectivity index is 1.38. The number of benzene rings is 3. The summed E-state index contributed by atoms with van der Waals surface area (Å²) in [6, 6.07) is 22.1. The minimum absolute atomic E-state index is 0.0203. The number of carbonyl (C=O) groups excluding carboxylic acids is 1. The van der Waals surface area contributed by atoms with Gasteiger partial charge in [-0.25, -0.2) is 4.98 Å². The standard InChI is InChI=1S/C33H37N5O2/c1-21-27(10-7-11-28(21)37-31(39)23-12-14-24(15-13-23)33(2,3)4)29-20-38(5)32(40)30(36-29)35-26-9-6-8-22(18-26)19-34-25-16-17-25/h6-15,18,20,25,34H,16-17,19H2,1-5H3,(H,35,36)(H,37,39). The molecule has 1 amide bonds. The monoisotopic (exact) mass is 535 g/mol. The summed E-state index contributed by atoms with van der Waals surface area (Å²) >= 11 is 0. The van der Waals surface area contributed by atoms with Gasteiger partial charge in [0.1, 0.15) is 0 Å². The van der Waals surface area contributed by atoms with Crippen molar-refractivity contribution in [2.75, 3.05) is 10.6 Å². The number of amides is 1. The maximum Gasteiger partial charge on any atom is 0.293 e. The van der Waals surface area contributed by atoms with Crippen LogP contribution in [0.4, 0.5) is 17.2 Å². The molecular formula is C33H37N5O2. The highest BCUT2D eigenvalue weighted by Gasteiger charge is 2.20. The predicted octanol–water partition coefficient (Wildman–Crippen LogP) is 6.30. The van der Waals surface area contributed by atoms with Crippen LogP contribution in [-0.2, 0) is 19.0 Å². The normalized spacial score (nSPS) is 13.2. The summed E-state index contributed by atoms with van der Waals surface area (Å²) in [7, 11) is 1.72. The van der Waals surface area contributed by atoms with Crippen molar-refractivity contribution in [3.8, 4) is 11.3 Å².